The standard InChI is InChI=1S/C20H26O4.2CH4.3H2S/c1-17-6-5-15-13(14(17)2-3-16(17)21)4-7-18-12-19(22-10-11-23-19)8-9-20(15,18)24-18;;;;;/h5,13-14H,2-4,6-12H2,1H3;2*1H4;3*1H2/t13-,14-,17-,18+,20+;;;;;/m0...../s1. The number of hydrogen-bond donors (Lipinski definition) is 0. The molecule has 170 valence electrons. The molecule has 0 N–H and O–H groups in total. The summed E-state index contributed by atoms with van der Waals surface area (Å²) >= 11 is 0. The van der Waals surface area contributed by atoms with Gasteiger partial charge in [-0.3, -0.25) is 4.79 Å². The first-order valence-electron chi connectivity index (χ1n) is 9.75. The van der Waals surface area contributed by atoms with Gasteiger partial charge in [-0.25, -0.2) is 0 Å². The average Bonchev–Trinajstić information content (AvgIpc) is 2.88. The van der Waals surface area contributed by atoms with Crippen LogP contribution in [0.3, 0.4) is 0 Å². The molecule has 6 aliphatic rings. The topological polar surface area (TPSA) is 48.1 Å². The zero-order chi connectivity index (χ0) is 16.2. The SMILES string of the molecule is C.C.C[C@]12CC=C3[C@@H](CC[C@@]45CC6(CC[C@@]34O5)OCCO6)[C@@H]1CCC2=O.S.S.S. The second-order valence-corrected chi connectivity index (χ2v) is 9.20. The van der Waals surface area contributed by atoms with Gasteiger partial charge in [-0.2, -0.15) is 40.5 Å². The van der Waals surface area contributed by atoms with E-state index >= 15 is 0 Å². The molecular weight excluding hydrogens is 424 g/mol. The van der Waals surface area contributed by atoms with Crippen molar-refractivity contribution < 1.29 is 19.0 Å². The summed E-state index contributed by atoms with van der Waals surface area (Å²) in [5.41, 5.74) is 1.34. The van der Waals surface area contributed by atoms with Gasteiger partial charge in [-0.1, -0.05) is 27.9 Å². The van der Waals surface area contributed by atoms with Gasteiger partial charge in [-0.05, 0) is 49.5 Å². The maximum Gasteiger partial charge on any atom is 0.171 e. The molecule has 0 aromatic rings. The van der Waals surface area contributed by atoms with Gasteiger partial charge in [0.2, 0.25) is 0 Å². The maximum absolute atomic E-state index is 12.5. The second-order valence-electron chi connectivity index (χ2n) is 9.20. The molecule has 2 heterocycles. The van der Waals surface area contributed by atoms with Gasteiger partial charge in [0.15, 0.2) is 5.79 Å². The number of ketones is 1. The Bertz CT molecular complexity index is 677. The summed E-state index contributed by atoms with van der Waals surface area (Å²) in [6.45, 7) is 3.65. The molecule has 6 rings (SSSR count). The molecule has 0 aromatic heterocycles. The molecule has 3 saturated carbocycles. The molecule has 0 bridgehead atoms. The van der Waals surface area contributed by atoms with E-state index in [0.29, 0.717) is 17.6 Å². The Morgan fingerprint density at radius 3 is 2.38 bits per heavy atom. The number of fused-ring (bicyclic) bond motifs is 3. The molecule has 5 atom stereocenters. The highest BCUT2D eigenvalue weighted by atomic mass is 32.1. The normalized spacial score (nSPS) is 44.6. The molecule has 29 heavy (non-hydrogen) atoms. The molecule has 4 nitrogen and oxygen atoms in total. The van der Waals surface area contributed by atoms with E-state index in [-0.39, 0.29) is 77.7 Å². The van der Waals surface area contributed by atoms with E-state index < -0.39 is 0 Å². The smallest absolute Gasteiger partial charge is 0.171 e. The molecule has 4 aliphatic carbocycles. The van der Waals surface area contributed by atoms with Crippen LogP contribution < -0.4 is 0 Å². The van der Waals surface area contributed by atoms with Crippen molar-refractivity contribution in [2.45, 2.75) is 90.1 Å². The summed E-state index contributed by atoms with van der Waals surface area (Å²) in [4.78, 5) is 12.5. The van der Waals surface area contributed by atoms with Crippen LogP contribution in [0.5, 0.6) is 0 Å². The highest BCUT2D eigenvalue weighted by Gasteiger charge is 2.79. The largest absolute Gasteiger partial charge is 0.358 e. The van der Waals surface area contributed by atoms with E-state index in [0.717, 1.165) is 64.6 Å². The van der Waals surface area contributed by atoms with Crippen molar-refractivity contribution in [1.29, 1.82) is 0 Å². The highest BCUT2D eigenvalue weighted by molar-refractivity contribution is 7.59. The van der Waals surface area contributed by atoms with E-state index in [4.69, 9.17) is 14.2 Å². The van der Waals surface area contributed by atoms with Gasteiger partial charge in [0.25, 0.3) is 0 Å². The van der Waals surface area contributed by atoms with Gasteiger partial charge in [0.05, 0.1) is 13.2 Å². The summed E-state index contributed by atoms with van der Waals surface area (Å²) in [5, 5.41) is 0. The van der Waals surface area contributed by atoms with E-state index in [2.05, 4.69) is 13.0 Å². The third-order valence-corrected chi connectivity index (χ3v) is 8.38. The Labute approximate surface area is 197 Å². The van der Waals surface area contributed by atoms with Crippen molar-refractivity contribution in [2.24, 2.45) is 17.3 Å². The van der Waals surface area contributed by atoms with E-state index in [1.165, 1.54) is 0 Å². The molecule has 1 spiro atoms. The van der Waals surface area contributed by atoms with Crippen LogP contribution >= 0.6 is 40.5 Å². The molecule has 0 unspecified atom stereocenters. The van der Waals surface area contributed by atoms with Crippen molar-refractivity contribution in [3.63, 3.8) is 0 Å². The fraction of sp³-hybridized carbons (Fsp3) is 0.864. The second kappa shape index (κ2) is 8.36. The van der Waals surface area contributed by atoms with Crippen molar-refractivity contribution in [3.05, 3.63) is 11.6 Å². The molecule has 0 radical (unpaired) electrons. The van der Waals surface area contributed by atoms with Crippen LogP contribution in [0, 0.1) is 17.3 Å². The number of ether oxygens (including phenoxy) is 3. The van der Waals surface area contributed by atoms with Crippen molar-refractivity contribution in [2.75, 3.05) is 13.2 Å². The summed E-state index contributed by atoms with van der Waals surface area (Å²) < 4.78 is 18.5. The Balaban J connectivity index is 0.000000841. The Morgan fingerprint density at radius 1 is 1.00 bits per heavy atom. The predicted molar refractivity (Wildman–Crippen MR) is 131 cm³/mol. The molecule has 2 saturated heterocycles. The summed E-state index contributed by atoms with van der Waals surface area (Å²) in [7, 11) is 0. The van der Waals surface area contributed by atoms with Crippen LogP contribution in [-0.4, -0.2) is 36.0 Å². The van der Waals surface area contributed by atoms with Crippen LogP contribution in [0.2, 0.25) is 0 Å². The fourth-order valence-electron chi connectivity index (χ4n) is 7.11. The summed E-state index contributed by atoms with van der Waals surface area (Å²) in [6, 6.07) is 0. The Hall–Kier alpha value is 0.340. The number of Topliss-reactive ketones (excluding diaryl/α,β-unsaturated/α-hetero) is 1. The average molecular weight is 465 g/mol. The lowest BCUT2D eigenvalue weighted by molar-refractivity contribution is -0.185. The monoisotopic (exact) mass is 464 g/mol. The first-order valence-corrected chi connectivity index (χ1v) is 9.75. The minimum atomic E-state index is -0.375. The third-order valence-electron chi connectivity index (χ3n) is 8.38. The molecule has 0 amide bonds. The number of allylic oxidation sites excluding steroid dienone is 1. The van der Waals surface area contributed by atoms with E-state index in [1.807, 2.05) is 0 Å². The van der Waals surface area contributed by atoms with Crippen LogP contribution in [0.25, 0.3) is 0 Å². The lowest BCUT2D eigenvalue weighted by Gasteiger charge is -2.48. The van der Waals surface area contributed by atoms with E-state index in [9.17, 15) is 4.79 Å². The Kier molecular flexibility index (Phi) is 7.89. The van der Waals surface area contributed by atoms with Crippen LogP contribution in [0.4, 0.5) is 0 Å². The van der Waals surface area contributed by atoms with Gasteiger partial charge >= 0.3 is 0 Å². The zero-order valence-electron chi connectivity index (χ0n) is 15.9. The van der Waals surface area contributed by atoms with Crippen molar-refractivity contribution in [1.82, 2.24) is 0 Å². The van der Waals surface area contributed by atoms with Gasteiger partial charge in [0, 0.05) is 24.7 Å². The lowest BCUT2D eigenvalue weighted by atomic mass is 9.54. The highest BCUT2D eigenvalue weighted by Crippen LogP contribution is 2.73. The first-order chi connectivity index (χ1) is 11.5. The quantitative estimate of drug-likeness (QED) is 0.383. The maximum atomic E-state index is 12.5. The molecule has 0 aromatic carbocycles. The van der Waals surface area contributed by atoms with Crippen LogP contribution in [0.1, 0.15) is 73.1 Å². The fourth-order valence-corrected chi connectivity index (χ4v) is 7.11. The number of rotatable bonds is 0. The van der Waals surface area contributed by atoms with Gasteiger partial charge < -0.3 is 14.2 Å². The zero-order valence-corrected chi connectivity index (χ0v) is 18.9. The van der Waals surface area contributed by atoms with Crippen LogP contribution in [-0.2, 0) is 19.0 Å². The van der Waals surface area contributed by atoms with Gasteiger partial charge in [0.1, 0.15) is 17.0 Å². The van der Waals surface area contributed by atoms with E-state index in [1.54, 1.807) is 5.57 Å². The predicted octanol–water partition coefficient (Wildman–Crippen LogP) is 4.76. The summed E-state index contributed by atoms with van der Waals surface area (Å²) in [5.74, 6) is 1.21. The van der Waals surface area contributed by atoms with Crippen LogP contribution in [0.15, 0.2) is 11.6 Å². The first kappa shape index (κ1) is 27.4. The molecule has 5 fully saturated rings. The van der Waals surface area contributed by atoms with Crippen molar-refractivity contribution in [3.8, 4) is 0 Å². The third kappa shape index (κ3) is 3.20. The molecule has 7 heteroatoms. The lowest BCUT2D eigenvalue weighted by Crippen LogP contribution is -2.51. The van der Waals surface area contributed by atoms with Crippen molar-refractivity contribution >= 4 is 46.3 Å². The molecular formula is C22H40O4S3. The number of epoxide rings is 1. The minimum Gasteiger partial charge on any atom is -0.358 e. The number of carbonyl (C=O) groups is 1. The number of hydrogen-bond acceptors (Lipinski definition) is 4. The minimum absolute atomic E-state index is 0. The Morgan fingerprint density at radius 2 is 1.69 bits per heavy atom. The number of carbonyl (C=O) groups excluding carboxylic acids is 1. The molecule has 2 aliphatic heterocycles. The summed E-state index contributed by atoms with van der Waals surface area (Å²) in [6.07, 6.45) is 10.3. The van der Waals surface area contributed by atoms with Gasteiger partial charge in [-0.15, -0.1) is 0 Å².